The monoisotopic (exact) mass is 355 g/mol. The van der Waals surface area contributed by atoms with Crippen molar-refractivity contribution in [3.8, 4) is 5.82 Å². The maximum Gasteiger partial charge on any atom is 0.273 e. The molecule has 0 aliphatic carbocycles. The Morgan fingerprint density at radius 3 is 2.52 bits per heavy atom. The van der Waals surface area contributed by atoms with E-state index in [0.717, 1.165) is 22.1 Å². The van der Waals surface area contributed by atoms with Crippen molar-refractivity contribution < 1.29 is 4.79 Å². The third-order valence-electron chi connectivity index (χ3n) is 4.34. The van der Waals surface area contributed by atoms with Gasteiger partial charge in [-0.05, 0) is 39.8 Å². The van der Waals surface area contributed by atoms with Gasteiger partial charge in [-0.25, -0.2) is 9.67 Å². The summed E-state index contributed by atoms with van der Waals surface area (Å²) in [7, 11) is 0. The Morgan fingerprint density at radius 1 is 1.20 bits per heavy atom. The lowest BCUT2D eigenvalue weighted by molar-refractivity contribution is 0.0743. The van der Waals surface area contributed by atoms with Crippen LogP contribution in [-0.4, -0.2) is 30.1 Å². The third-order valence-corrected chi connectivity index (χ3v) is 5.11. The molecule has 4 rings (SSSR count). The van der Waals surface area contributed by atoms with Gasteiger partial charge in [-0.15, -0.1) is 11.3 Å². The molecule has 3 aromatic rings. The first kappa shape index (κ1) is 16.1. The minimum Gasteiger partial charge on any atom is -0.327 e. The molecule has 0 bridgehead atoms. The van der Waals surface area contributed by atoms with Crippen LogP contribution >= 0.6 is 11.3 Å². The summed E-state index contributed by atoms with van der Waals surface area (Å²) in [5.74, 6) is 1.01. The second kappa shape index (κ2) is 5.56. The number of carbonyl (C=O) groups excluding carboxylic acids is 1. The van der Waals surface area contributed by atoms with Crippen LogP contribution in [0, 0.1) is 6.92 Å². The molecule has 0 saturated heterocycles. The van der Waals surface area contributed by atoms with E-state index in [1.807, 2.05) is 41.7 Å². The summed E-state index contributed by atoms with van der Waals surface area (Å²) < 4.78 is 4.14. The van der Waals surface area contributed by atoms with Crippen LogP contribution < -0.4 is 0 Å². The van der Waals surface area contributed by atoms with Gasteiger partial charge in [0, 0.05) is 23.3 Å². The molecule has 4 heterocycles. The third kappa shape index (κ3) is 2.68. The summed E-state index contributed by atoms with van der Waals surface area (Å²) in [6.07, 6.45) is 4.04. The number of carbonyl (C=O) groups is 1. The van der Waals surface area contributed by atoms with Gasteiger partial charge in [0.25, 0.3) is 5.91 Å². The number of hydrogen-bond acceptors (Lipinski definition) is 4. The van der Waals surface area contributed by atoms with Crippen LogP contribution in [0.1, 0.15) is 47.5 Å². The van der Waals surface area contributed by atoms with E-state index in [4.69, 9.17) is 5.10 Å². The molecule has 1 aliphatic rings. The van der Waals surface area contributed by atoms with Crippen molar-refractivity contribution in [2.45, 2.75) is 46.3 Å². The van der Waals surface area contributed by atoms with E-state index in [-0.39, 0.29) is 11.4 Å². The molecule has 0 radical (unpaired) electrons. The van der Waals surface area contributed by atoms with Crippen LogP contribution in [0.2, 0.25) is 0 Å². The van der Waals surface area contributed by atoms with Crippen molar-refractivity contribution in [3.63, 3.8) is 0 Å². The van der Waals surface area contributed by atoms with Gasteiger partial charge >= 0.3 is 0 Å². The van der Waals surface area contributed by atoms with Gasteiger partial charge in [-0.2, -0.15) is 5.10 Å². The topological polar surface area (TPSA) is 56.0 Å². The van der Waals surface area contributed by atoms with Crippen LogP contribution in [0.5, 0.6) is 0 Å². The molecule has 6 nitrogen and oxygen atoms in total. The van der Waals surface area contributed by atoms with Crippen LogP contribution in [0.4, 0.5) is 0 Å². The largest absolute Gasteiger partial charge is 0.327 e. The summed E-state index contributed by atoms with van der Waals surface area (Å²) in [6, 6.07) is 4.00. The van der Waals surface area contributed by atoms with Crippen molar-refractivity contribution >= 4 is 17.2 Å². The summed E-state index contributed by atoms with van der Waals surface area (Å²) in [6.45, 7) is 9.43. The summed E-state index contributed by atoms with van der Waals surface area (Å²) in [4.78, 5) is 18.9. The predicted octanol–water partition coefficient (Wildman–Crippen LogP) is 3.35. The minimum atomic E-state index is -0.134. The first-order valence-electron chi connectivity index (χ1n) is 8.30. The molecule has 0 saturated carbocycles. The van der Waals surface area contributed by atoms with Gasteiger partial charge in [-0.3, -0.25) is 4.79 Å². The van der Waals surface area contributed by atoms with Crippen molar-refractivity contribution in [1.82, 2.24) is 24.2 Å². The normalized spacial score (nSPS) is 14.2. The summed E-state index contributed by atoms with van der Waals surface area (Å²) in [5, 5.41) is 7.57. The van der Waals surface area contributed by atoms with Gasteiger partial charge < -0.3 is 9.47 Å². The lowest BCUT2D eigenvalue weighted by Gasteiger charge is -2.24. The molecule has 0 atom stereocenters. The Hall–Kier alpha value is -2.41. The van der Waals surface area contributed by atoms with E-state index in [1.54, 1.807) is 0 Å². The number of fused-ring (bicyclic) bond motifs is 1. The highest BCUT2D eigenvalue weighted by Gasteiger charge is 2.34. The van der Waals surface area contributed by atoms with Gasteiger partial charge in [0.05, 0.1) is 29.3 Å². The number of aryl methyl sites for hydroxylation is 1. The van der Waals surface area contributed by atoms with E-state index in [2.05, 4.69) is 35.0 Å². The highest BCUT2D eigenvalue weighted by molar-refractivity contribution is 7.09. The lowest BCUT2D eigenvalue weighted by Crippen LogP contribution is -2.29. The van der Waals surface area contributed by atoms with E-state index >= 15 is 0 Å². The number of aromatic nitrogens is 4. The fourth-order valence-electron chi connectivity index (χ4n) is 3.18. The number of thiazole rings is 1. The molecule has 0 aromatic carbocycles. The van der Waals surface area contributed by atoms with Gasteiger partial charge in [0.2, 0.25) is 0 Å². The Bertz CT molecular complexity index is 929. The summed E-state index contributed by atoms with van der Waals surface area (Å²) in [5.41, 5.74) is 2.48. The van der Waals surface area contributed by atoms with Crippen molar-refractivity contribution in [1.29, 1.82) is 0 Å². The number of nitrogens with zero attached hydrogens (tertiary/aromatic N) is 5. The molecule has 3 aromatic heterocycles. The average molecular weight is 355 g/mol. The van der Waals surface area contributed by atoms with Crippen LogP contribution in [0.15, 0.2) is 29.9 Å². The Kier molecular flexibility index (Phi) is 3.57. The Labute approximate surface area is 150 Å². The van der Waals surface area contributed by atoms with Crippen molar-refractivity contribution in [2.24, 2.45) is 0 Å². The quantitative estimate of drug-likeness (QED) is 0.708. The fraction of sp³-hybridized carbons (Fsp3) is 0.389. The lowest BCUT2D eigenvalue weighted by atomic mass is 10.1. The van der Waals surface area contributed by atoms with Crippen LogP contribution in [0.3, 0.4) is 0 Å². The molecule has 25 heavy (non-hydrogen) atoms. The Balaban J connectivity index is 1.72. The maximum absolute atomic E-state index is 12.7. The first-order valence-corrected chi connectivity index (χ1v) is 9.18. The molecule has 1 amide bonds. The van der Waals surface area contributed by atoms with Crippen molar-refractivity contribution in [3.05, 3.63) is 51.9 Å². The van der Waals surface area contributed by atoms with Gasteiger partial charge in [0.15, 0.2) is 0 Å². The first-order chi connectivity index (χ1) is 11.8. The predicted molar refractivity (Wildman–Crippen MR) is 97.0 cm³/mol. The standard InChI is InChI=1S/C18H21N5OS/c1-12-19-15(11-25-12)17(24)22-9-13-14(10-22)20-23(18(2,3)4)16(13)21-7-5-6-8-21/h5-8,11H,9-10H2,1-4H3. The fourth-order valence-corrected chi connectivity index (χ4v) is 3.76. The van der Waals surface area contributed by atoms with E-state index in [0.29, 0.717) is 18.8 Å². The van der Waals surface area contributed by atoms with E-state index < -0.39 is 0 Å². The second-order valence-electron chi connectivity index (χ2n) is 7.33. The zero-order chi connectivity index (χ0) is 17.8. The highest BCUT2D eigenvalue weighted by Crippen LogP contribution is 2.32. The highest BCUT2D eigenvalue weighted by atomic mass is 32.1. The average Bonchev–Trinajstić information content (AvgIpc) is 3.28. The number of amides is 1. The van der Waals surface area contributed by atoms with E-state index in [1.165, 1.54) is 11.3 Å². The molecule has 130 valence electrons. The van der Waals surface area contributed by atoms with Crippen LogP contribution in [0.25, 0.3) is 5.82 Å². The Morgan fingerprint density at radius 2 is 1.92 bits per heavy atom. The molecule has 0 unspecified atom stereocenters. The second-order valence-corrected chi connectivity index (χ2v) is 8.40. The van der Waals surface area contributed by atoms with Gasteiger partial charge in [0.1, 0.15) is 11.5 Å². The summed E-state index contributed by atoms with van der Waals surface area (Å²) >= 11 is 1.50. The molecule has 0 fully saturated rings. The van der Waals surface area contributed by atoms with E-state index in [9.17, 15) is 4.79 Å². The molecule has 0 spiro atoms. The molecule has 1 aliphatic heterocycles. The van der Waals surface area contributed by atoms with Gasteiger partial charge in [-0.1, -0.05) is 0 Å². The maximum atomic E-state index is 12.7. The SMILES string of the molecule is Cc1nc(C(=O)N2Cc3nn(C(C)(C)C)c(-n4cccc4)c3C2)cs1. The number of hydrogen-bond donors (Lipinski definition) is 0. The number of rotatable bonds is 2. The molecular formula is C18H21N5OS. The molecular weight excluding hydrogens is 334 g/mol. The molecule has 7 heteroatoms. The smallest absolute Gasteiger partial charge is 0.273 e. The van der Waals surface area contributed by atoms with Crippen molar-refractivity contribution in [2.75, 3.05) is 0 Å². The zero-order valence-electron chi connectivity index (χ0n) is 14.9. The zero-order valence-corrected chi connectivity index (χ0v) is 15.7. The molecule has 0 N–H and O–H groups in total. The van der Waals surface area contributed by atoms with Crippen LogP contribution in [-0.2, 0) is 18.6 Å². The minimum absolute atomic E-state index is 0.0249.